The zero-order chi connectivity index (χ0) is 14.8. The van der Waals surface area contributed by atoms with Gasteiger partial charge >= 0.3 is 0 Å². The number of nitrogens with zero attached hydrogens (tertiary/aromatic N) is 2. The molecule has 0 aromatic heterocycles. The maximum Gasteiger partial charge on any atom is 0.0156 e. The maximum atomic E-state index is 3.62. The molecule has 3 nitrogen and oxygen atoms in total. The van der Waals surface area contributed by atoms with E-state index in [1.165, 1.54) is 51.9 Å². The molecule has 1 N–H and O–H groups in total. The van der Waals surface area contributed by atoms with Gasteiger partial charge in [-0.05, 0) is 64.2 Å². The predicted molar refractivity (Wildman–Crippen MR) is 87.1 cm³/mol. The van der Waals surface area contributed by atoms with Crippen molar-refractivity contribution in [3.8, 4) is 0 Å². The summed E-state index contributed by atoms with van der Waals surface area (Å²) in [6.45, 7) is 9.98. The molecule has 0 aromatic carbocycles. The fraction of sp³-hybridized carbons (Fsp3) is 1.00. The van der Waals surface area contributed by atoms with Gasteiger partial charge in [-0.2, -0.15) is 0 Å². The molecule has 0 amide bonds. The third-order valence-electron chi connectivity index (χ3n) is 5.63. The van der Waals surface area contributed by atoms with Crippen molar-refractivity contribution >= 4 is 0 Å². The van der Waals surface area contributed by atoms with E-state index < -0.39 is 0 Å². The van der Waals surface area contributed by atoms with Crippen LogP contribution in [0.4, 0.5) is 0 Å². The molecule has 0 spiro atoms. The molecule has 3 atom stereocenters. The second kappa shape index (κ2) is 6.76. The van der Waals surface area contributed by atoms with Crippen molar-refractivity contribution in [2.24, 2.45) is 17.3 Å². The van der Waals surface area contributed by atoms with Crippen molar-refractivity contribution in [1.82, 2.24) is 15.1 Å². The van der Waals surface area contributed by atoms with Crippen LogP contribution in [0.5, 0.6) is 0 Å². The van der Waals surface area contributed by atoms with Crippen LogP contribution in [0.1, 0.15) is 39.5 Å². The van der Waals surface area contributed by atoms with E-state index in [4.69, 9.17) is 0 Å². The highest BCUT2D eigenvalue weighted by atomic mass is 15.2. The predicted octanol–water partition coefficient (Wildman–Crippen LogP) is 2.28. The second-order valence-electron chi connectivity index (χ2n) is 8.05. The van der Waals surface area contributed by atoms with Crippen LogP contribution in [0.15, 0.2) is 0 Å². The smallest absolute Gasteiger partial charge is 0.0156 e. The van der Waals surface area contributed by atoms with Gasteiger partial charge in [0, 0.05) is 25.7 Å². The van der Waals surface area contributed by atoms with Crippen molar-refractivity contribution in [2.75, 3.05) is 47.3 Å². The van der Waals surface area contributed by atoms with Crippen LogP contribution >= 0.6 is 0 Å². The Balaban J connectivity index is 1.84. The van der Waals surface area contributed by atoms with Crippen LogP contribution in [0, 0.1) is 17.3 Å². The molecule has 0 radical (unpaired) electrons. The van der Waals surface area contributed by atoms with E-state index in [0.29, 0.717) is 11.5 Å². The van der Waals surface area contributed by atoms with E-state index in [2.05, 4.69) is 50.1 Å². The first-order valence-corrected chi connectivity index (χ1v) is 8.46. The average Bonchev–Trinajstić information content (AvgIpc) is 2.73. The Morgan fingerprint density at radius 3 is 2.60 bits per heavy atom. The van der Waals surface area contributed by atoms with Crippen LogP contribution in [-0.4, -0.2) is 63.2 Å². The number of hydrogen-bond acceptors (Lipinski definition) is 3. The van der Waals surface area contributed by atoms with Gasteiger partial charge in [0.15, 0.2) is 0 Å². The number of rotatable bonds is 5. The first-order valence-electron chi connectivity index (χ1n) is 8.46. The Morgan fingerprint density at radius 1 is 1.25 bits per heavy atom. The molecule has 3 unspecified atom stereocenters. The highest BCUT2D eigenvalue weighted by Gasteiger charge is 2.38. The lowest BCUT2D eigenvalue weighted by Gasteiger charge is -2.45. The highest BCUT2D eigenvalue weighted by molar-refractivity contribution is 4.93. The minimum Gasteiger partial charge on any atom is -0.316 e. The number of hydrogen-bond donors (Lipinski definition) is 1. The highest BCUT2D eigenvalue weighted by Crippen LogP contribution is 2.39. The summed E-state index contributed by atoms with van der Waals surface area (Å²) in [5.74, 6) is 1.70. The van der Waals surface area contributed by atoms with Gasteiger partial charge in [-0.1, -0.05) is 20.3 Å². The molecule has 0 bridgehead atoms. The summed E-state index contributed by atoms with van der Waals surface area (Å²) >= 11 is 0. The van der Waals surface area contributed by atoms with Gasteiger partial charge in [-0.3, -0.25) is 0 Å². The van der Waals surface area contributed by atoms with Crippen LogP contribution in [-0.2, 0) is 0 Å². The van der Waals surface area contributed by atoms with E-state index in [-0.39, 0.29) is 0 Å². The summed E-state index contributed by atoms with van der Waals surface area (Å²) < 4.78 is 0. The van der Waals surface area contributed by atoms with Gasteiger partial charge in [-0.15, -0.1) is 0 Å². The summed E-state index contributed by atoms with van der Waals surface area (Å²) in [5, 5.41) is 3.62. The molecule has 0 aromatic rings. The quantitative estimate of drug-likeness (QED) is 0.834. The largest absolute Gasteiger partial charge is 0.316 e. The standard InChI is InChI=1S/C17H35N3/c1-17(2)9-6-7-15(16(17)18-3)13-20(5)12-14-8-10-19(4)11-14/h14-16,18H,6-13H2,1-5H3. The lowest BCUT2D eigenvalue weighted by Crippen LogP contribution is -2.51. The van der Waals surface area contributed by atoms with Crippen molar-refractivity contribution in [3.05, 3.63) is 0 Å². The third kappa shape index (κ3) is 3.96. The third-order valence-corrected chi connectivity index (χ3v) is 5.63. The summed E-state index contributed by atoms with van der Waals surface area (Å²) in [4.78, 5) is 5.07. The molecular formula is C17H35N3. The average molecular weight is 281 g/mol. The lowest BCUT2D eigenvalue weighted by atomic mass is 9.68. The van der Waals surface area contributed by atoms with Gasteiger partial charge in [0.1, 0.15) is 0 Å². The molecular weight excluding hydrogens is 246 g/mol. The minimum absolute atomic E-state index is 0.450. The van der Waals surface area contributed by atoms with Crippen molar-refractivity contribution in [1.29, 1.82) is 0 Å². The monoisotopic (exact) mass is 281 g/mol. The van der Waals surface area contributed by atoms with Crippen molar-refractivity contribution in [3.63, 3.8) is 0 Å². The van der Waals surface area contributed by atoms with Gasteiger partial charge in [-0.25, -0.2) is 0 Å². The fourth-order valence-electron chi connectivity index (χ4n) is 4.69. The number of likely N-dealkylation sites (tertiary alicyclic amines) is 1. The Morgan fingerprint density at radius 2 is 2.00 bits per heavy atom. The molecule has 1 heterocycles. The van der Waals surface area contributed by atoms with E-state index in [1.54, 1.807) is 0 Å². The van der Waals surface area contributed by atoms with Crippen LogP contribution < -0.4 is 5.32 Å². The van der Waals surface area contributed by atoms with E-state index in [0.717, 1.165) is 11.8 Å². The topological polar surface area (TPSA) is 18.5 Å². The van der Waals surface area contributed by atoms with Crippen molar-refractivity contribution < 1.29 is 0 Å². The summed E-state index contributed by atoms with van der Waals surface area (Å²) in [7, 11) is 6.73. The summed E-state index contributed by atoms with van der Waals surface area (Å²) in [6.07, 6.45) is 5.54. The first-order chi connectivity index (χ1) is 9.42. The Kier molecular flexibility index (Phi) is 5.49. The fourth-order valence-corrected chi connectivity index (χ4v) is 4.69. The molecule has 1 saturated carbocycles. The van der Waals surface area contributed by atoms with Crippen LogP contribution in [0.2, 0.25) is 0 Å². The van der Waals surface area contributed by atoms with Gasteiger partial charge in [0.05, 0.1) is 0 Å². The SMILES string of the molecule is CNC1C(CN(C)CC2CCN(C)C2)CCCC1(C)C. The number of nitrogens with one attached hydrogen (secondary N) is 1. The van der Waals surface area contributed by atoms with Gasteiger partial charge in [0.25, 0.3) is 0 Å². The molecule has 2 aliphatic rings. The first kappa shape index (κ1) is 16.3. The summed E-state index contributed by atoms with van der Waals surface area (Å²) in [5.41, 5.74) is 0.450. The van der Waals surface area contributed by atoms with E-state index >= 15 is 0 Å². The molecule has 1 aliphatic heterocycles. The lowest BCUT2D eigenvalue weighted by molar-refractivity contribution is 0.0867. The molecule has 2 fully saturated rings. The Labute approximate surface area is 126 Å². The Bertz CT molecular complexity index is 303. The molecule has 1 saturated heterocycles. The molecule has 20 heavy (non-hydrogen) atoms. The van der Waals surface area contributed by atoms with E-state index in [9.17, 15) is 0 Å². The Hall–Kier alpha value is -0.120. The van der Waals surface area contributed by atoms with Gasteiger partial charge in [0.2, 0.25) is 0 Å². The van der Waals surface area contributed by atoms with E-state index in [1.807, 2.05) is 0 Å². The van der Waals surface area contributed by atoms with Crippen LogP contribution in [0.25, 0.3) is 0 Å². The molecule has 1 aliphatic carbocycles. The van der Waals surface area contributed by atoms with Crippen molar-refractivity contribution in [2.45, 2.75) is 45.6 Å². The second-order valence-corrected chi connectivity index (χ2v) is 8.05. The molecule has 3 heteroatoms. The maximum absolute atomic E-state index is 3.62. The zero-order valence-electron chi connectivity index (χ0n) is 14.3. The molecule has 2 rings (SSSR count). The molecule has 118 valence electrons. The normalized spacial score (nSPS) is 34.8. The summed E-state index contributed by atoms with van der Waals surface area (Å²) in [6, 6.07) is 0.671. The van der Waals surface area contributed by atoms with Crippen LogP contribution in [0.3, 0.4) is 0 Å². The zero-order valence-corrected chi connectivity index (χ0v) is 14.3. The minimum atomic E-state index is 0.450. The van der Waals surface area contributed by atoms with Gasteiger partial charge < -0.3 is 15.1 Å².